The lowest BCUT2D eigenvalue weighted by Crippen LogP contribution is -2.42. The lowest BCUT2D eigenvalue weighted by atomic mass is 10.1. The highest BCUT2D eigenvalue weighted by Crippen LogP contribution is 2.36. The number of fused-ring (bicyclic) bond motifs is 1. The Hall–Kier alpha value is -2.47. The van der Waals surface area contributed by atoms with E-state index in [2.05, 4.69) is 10.2 Å². The summed E-state index contributed by atoms with van der Waals surface area (Å²) in [5.41, 5.74) is 1.07. The quantitative estimate of drug-likeness (QED) is 0.912. The third kappa shape index (κ3) is 2.97. The van der Waals surface area contributed by atoms with Gasteiger partial charge < -0.3 is 19.2 Å². The second-order valence-electron chi connectivity index (χ2n) is 6.08. The van der Waals surface area contributed by atoms with Crippen LogP contribution in [0.5, 0.6) is 11.5 Å². The summed E-state index contributed by atoms with van der Waals surface area (Å²) in [5, 5.41) is 2.96. The molecule has 1 amide bonds. The van der Waals surface area contributed by atoms with E-state index >= 15 is 0 Å². The third-order valence-electron chi connectivity index (χ3n) is 4.53. The summed E-state index contributed by atoms with van der Waals surface area (Å²) in [6, 6.07) is 9.47. The summed E-state index contributed by atoms with van der Waals surface area (Å²) < 4.78 is 16.3. The first-order chi connectivity index (χ1) is 11.8. The molecule has 0 aliphatic carbocycles. The van der Waals surface area contributed by atoms with Crippen molar-refractivity contribution in [2.45, 2.75) is 32.0 Å². The molecule has 6 nitrogen and oxygen atoms in total. The van der Waals surface area contributed by atoms with E-state index < -0.39 is 0 Å². The minimum atomic E-state index is -0.113. The molecule has 2 aromatic rings. The van der Waals surface area contributed by atoms with Crippen LogP contribution in [-0.2, 0) is 17.9 Å². The van der Waals surface area contributed by atoms with Crippen molar-refractivity contribution in [1.82, 2.24) is 10.2 Å². The van der Waals surface area contributed by atoms with Crippen LogP contribution in [0.25, 0.3) is 0 Å². The van der Waals surface area contributed by atoms with Crippen LogP contribution in [-0.4, -0.2) is 30.2 Å². The lowest BCUT2D eigenvalue weighted by molar-refractivity contribution is -0.125. The van der Waals surface area contributed by atoms with Crippen molar-refractivity contribution in [1.29, 1.82) is 0 Å². The van der Waals surface area contributed by atoms with E-state index in [9.17, 15) is 4.79 Å². The number of ether oxygens (including phenoxy) is 2. The van der Waals surface area contributed by atoms with Gasteiger partial charge in [0.1, 0.15) is 5.76 Å². The Morgan fingerprint density at radius 3 is 3.08 bits per heavy atom. The van der Waals surface area contributed by atoms with Gasteiger partial charge in [0, 0.05) is 12.1 Å². The maximum atomic E-state index is 12.5. The molecule has 2 aliphatic rings. The molecule has 0 saturated carbocycles. The summed E-state index contributed by atoms with van der Waals surface area (Å²) in [5.74, 6) is 2.40. The summed E-state index contributed by atoms with van der Waals surface area (Å²) in [7, 11) is 0. The highest BCUT2D eigenvalue weighted by atomic mass is 16.7. The van der Waals surface area contributed by atoms with E-state index in [0.717, 1.165) is 42.2 Å². The molecule has 0 bridgehead atoms. The van der Waals surface area contributed by atoms with E-state index in [-0.39, 0.29) is 18.7 Å². The zero-order valence-electron chi connectivity index (χ0n) is 13.4. The molecule has 3 heterocycles. The Labute approximate surface area is 140 Å². The second-order valence-corrected chi connectivity index (χ2v) is 6.08. The summed E-state index contributed by atoms with van der Waals surface area (Å²) in [6.07, 6.45) is 3.50. The number of nitrogens with one attached hydrogen (secondary N) is 1. The predicted molar refractivity (Wildman–Crippen MR) is 86.6 cm³/mol. The van der Waals surface area contributed by atoms with Gasteiger partial charge in [-0.15, -0.1) is 0 Å². The van der Waals surface area contributed by atoms with Gasteiger partial charge in [-0.05, 0) is 37.6 Å². The van der Waals surface area contributed by atoms with Crippen molar-refractivity contribution in [3.8, 4) is 11.5 Å². The Bertz CT molecular complexity index is 714. The molecular formula is C18H20N2O4. The Morgan fingerprint density at radius 1 is 1.25 bits per heavy atom. The first kappa shape index (κ1) is 15.1. The fourth-order valence-corrected chi connectivity index (χ4v) is 3.35. The van der Waals surface area contributed by atoms with E-state index in [1.54, 1.807) is 6.26 Å². The number of amides is 1. The zero-order valence-corrected chi connectivity index (χ0v) is 13.4. The number of furan rings is 1. The highest BCUT2D eigenvalue weighted by molar-refractivity contribution is 5.82. The number of hydrogen-bond acceptors (Lipinski definition) is 5. The van der Waals surface area contributed by atoms with E-state index in [0.29, 0.717) is 13.1 Å². The average molecular weight is 328 g/mol. The number of hydrogen-bond donors (Lipinski definition) is 1. The smallest absolute Gasteiger partial charge is 0.237 e. The molecule has 24 heavy (non-hydrogen) atoms. The molecule has 2 aliphatic heterocycles. The monoisotopic (exact) mass is 328 g/mol. The van der Waals surface area contributed by atoms with Crippen LogP contribution < -0.4 is 14.8 Å². The first-order valence-corrected chi connectivity index (χ1v) is 8.23. The van der Waals surface area contributed by atoms with Crippen LogP contribution in [0.15, 0.2) is 41.0 Å². The Balaban J connectivity index is 1.41. The van der Waals surface area contributed by atoms with Crippen molar-refractivity contribution >= 4 is 5.91 Å². The molecule has 0 spiro atoms. The minimum absolute atomic E-state index is 0.0497. The molecule has 1 aromatic heterocycles. The van der Waals surface area contributed by atoms with Crippen molar-refractivity contribution in [2.24, 2.45) is 0 Å². The van der Waals surface area contributed by atoms with Crippen LogP contribution in [0.2, 0.25) is 0 Å². The molecule has 6 heteroatoms. The van der Waals surface area contributed by atoms with Gasteiger partial charge in [0.05, 0.1) is 18.8 Å². The number of para-hydroxylation sites is 1. The standard InChI is InChI=1S/C18H20N2O4/c21-18(19-10-14-5-3-9-22-14)15-6-2-8-20(15)11-13-4-1-7-16-17(13)24-12-23-16/h1,3-5,7,9,15H,2,6,8,10-12H2,(H,19,21)/t15-/m1/s1. The van der Waals surface area contributed by atoms with E-state index in [4.69, 9.17) is 13.9 Å². The Kier molecular flexibility index (Phi) is 4.13. The first-order valence-electron chi connectivity index (χ1n) is 8.23. The normalized spacial score (nSPS) is 19.6. The number of carbonyl (C=O) groups is 1. The maximum absolute atomic E-state index is 12.5. The van der Waals surface area contributed by atoms with Crippen molar-refractivity contribution in [3.63, 3.8) is 0 Å². The van der Waals surface area contributed by atoms with Crippen molar-refractivity contribution in [3.05, 3.63) is 47.9 Å². The van der Waals surface area contributed by atoms with E-state index in [1.165, 1.54) is 0 Å². The van der Waals surface area contributed by atoms with Gasteiger partial charge in [-0.3, -0.25) is 9.69 Å². The van der Waals surface area contributed by atoms with Crippen LogP contribution in [0.3, 0.4) is 0 Å². The molecule has 4 rings (SSSR count). The highest BCUT2D eigenvalue weighted by Gasteiger charge is 2.31. The molecule has 0 unspecified atom stereocenters. The molecule has 1 aromatic carbocycles. The van der Waals surface area contributed by atoms with Gasteiger partial charge in [-0.25, -0.2) is 0 Å². The molecule has 1 N–H and O–H groups in total. The number of benzene rings is 1. The maximum Gasteiger partial charge on any atom is 0.237 e. The van der Waals surface area contributed by atoms with E-state index in [1.807, 2.05) is 30.3 Å². The second kappa shape index (κ2) is 6.57. The molecule has 1 fully saturated rings. The largest absolute Gasteiger partial charge is 0.467 e. The van der Waals surface area contributed by atoms with Gasteiger partial charge in [0.2, 0.25) is 12.7 Å². The van der Waals surface area contributed by atoms with Crippen molar-refractivity contribution < 1.29 is 18.7 Å². The SMILES string of the molecule is O=C(NCc1ccco1)[C@H]1CCCN1Cc1cccc2c1OCO2. The van der Waals surface area contributed by atoms with Gasteiger partial charge in [-0.1, -0.05) is 12.1 Å². The molecule has 0 radical (unpaired) electrons. The molecule has 126 valence electrons. The summed E-state index contributed by atoms with van der Waals surface area (Å²) >= 11 is 0. The van der Waals surface area contributed by atoms with Crippen LogP contribution in [0.1, 0.15) is 24.2 Å². The number of carbonyl (C=O) groups excluding carboxylic acids is 1. The van der Waals surface area contributed by atoms with Gasteiger partial charge in [0.25, 0.3) is 0 Å². The summed E-state index contributed by atoms with van der Waals surface area (Å²) in [4.78, 5) is 14.7. The topological polar surface area (TPSA) is 63.9 Å². The fraction of sp³-hybridized carbons (Fsp3) is 0.389. The van der Waals surface area contributed by atoms with Gasteiger partial charge in [-0.2, -0.15) is 0 Å². The number of rotatable bonds is 5. The number of nitrogens with zero attached hydrogens (tertiary/aromatic N) is 1. The fourth-order valence-electron chi connectivity index (χ4n) is 3.35. The Morgan fingerprint density at radius 2 is 2.21 bits per heavy atom. The minimum Gasteiger partial charge on any atom is -0.467 e. The number of likely N-dealkylation sites (tertiary alicyclic amines) is 1. The molecule has 1 atom stereocenters. The van der Waals surface area contributed by atoms with Gasteiger partial charge in [0.15, 0.2) is 11.5 Å². The van der Waals surface area contributed by atoms with Crippen LogP contribution >= 0.6 is 0 Å². The zero-order chi connectivity index (χ0) is 16.4. The third-order valence-corrected chi connectivity index (χ3v) is 4.53. The average Bonchev–Trinajstić information content (AvgIpc) is 3.34. The van der Waals surface area contributed by atoms with Gasteiger partial charge >= 0.3 is 0 Å². The lowest BCUT2D eigenvalue weighted by Gasteiger charge is -2.24. The molecular weight excluding hydrogens is 308 g/mol. The van der Waals surface area contributed by atoms with Crippen molar-refractivity contribution in [2.75, 3.05) is 13.3 Å². The predicted octanol–water partition coefficient (Wildman–Crippen LogP) is 2.29. The molecule has 1 saturated heterocycles. The summed E-state index contributed by atoms with van der Waals surface area (Å²) in [6.45, 7) is 2.28. The van der Waals surface area contributed by atoms with Crippen LogP contribution in [0.4, 0.5) is 0 Å². The van der Waals surface area contributed by atoms with Crippen LogP contribution in [0, 0.1) is 0 Å².